The average Bonchev–Trinajstić information content (AvgIpc) is 3.39. The van der Waals surface area contributed by atoms with Gasteiger partial charge in [-0.2, -0.15) is 18.3 Å². The lowest BCUT2D eigenvalue weighted by molar-refractivity contribution is -0.182. The van der Waals surface area contributed by atoms with E-state index in [0.717, 1.165) is 18.5 Å². The molecule has 0 radical (unpaired) electrons. The number of alkyl halides is 3. The van der Waals surface area contributed by atoms with E-state index in [4.69, 9.17) is 0 Å². The van der Waals surface area contributed by atoms with Gasteiger partial charge in [0, 0.05) is 29.7 Å². The maximum absolute atomic E-state index is 13.3. The van der Waals surface area contributed by atoms with E-state index in [0.29, 0.717) is 49.3 Å². The molecule has 1 saturated heterocycles. The Morgan fingerprint density at radius 2 is 1.83 bits per heavy atom. The molecule has 0 unspecified atom stereocenters. The van der Waals surface area contributed by atoms with Crippen LogP contribution in [0.4, 0.5) is 13.2 Å². The van der Waals surface area contributed by atoms with Crippen molar-refractivity contribution in [3.8, 4) is 11.4 Å². The van der Waals surface area contributed by atoms with Crippen molar-refractivity contribution >= 4 is 11.8 Å². The molecule has 11 heteroatoms. The number of carbonyl (C=O) groups excluding carboxylic acids is 2. The fraction of sp³-hybridized carbons (Fsp3) is 0.625. The second-order valence-electron chi connectivity index (χ2n) is 10.2. The summed E-state index contributed by atoms with van der Waals surface area (Å²) in [5.41, 5.74) is 2.05. The number of H-pyrrole nitrogens is 1. The predicted octanol–water partition coefficient (Wildman–Crippen LogP) is 3.80. The summed E-state index contributed by atoms with van der Waals surface area (Å²) in [4.78, 5) is 36.4. The van der Waals surface area contributed by atoms with Gasteiger partial charge in [0.15, 0.2) is 0 Å². The van der Waals surface area contributed by atoms with Crippen molar-refractivity contribution in [3.63, 3.8) is 0 Å². The quantitative estimate of drug-likeness (QED) is 0.679. The lowest BCUT2D eigenvalue weighted by Crippen LogP contribution is -2.52. The second-order valence-corrected chi connectivity index (χ2v) is 10.2. The number of halogens is 3. The topological polar surface area (TPSA) is 104 Å². The Labute approximate surface area is 201 Å². The van der Waals surface area contributed by atoms with Crippen molar-refractivity contribution in [3.05, 3.63) is 29.8 Å². The maximum atomic E-state index is 13.3. The summed E-state index contributed by atoms with van der Waals surface area (Å²) in [7, 11) is 0. The van der Waals surface area contributed by atoms with Crippen LogP contribution in [-0.2, 0) is 4.79 Å². The molecule has 1 aliphatic heterocycles. The number of aromatic amines is 1. The van der Waals surface area contributed by atoms with Gasteiger partial charge in [-0.15, -0.1) is 0 Å². The molecule has 1 spiro atoms. The highest BCUT2D eigenvalue weighted by molar-refractivity contribution is 5.94. The first-order valence-electron chi connectivity index (χ1n) is 12.2. The first-order valence-corrected chi connectivity index (χ1v) is 12.2. The molecule has 35 heavy (non-hydrogen) atoms. The number of amides is 2. The lowest BCUT2D eigenvalue weighted by atomic mass is 9.84. The third-order valence-corrected chi connectivity index (χ3v) is 7.75. The van der Waals surface area contributed by atoms with Gasteiger partial charge in [-0.3, -0.25) is 14.7 Å². The van der Waals surface area contributed by atoms with Gasteiger partial charge < -0.3 is 10.2 Å². The molecule has 2 aliphatic carbocycles. The minimum absolute atomic E-state index is 0.0616. The van der Waals surface area contributed by atoms with E-state index < -0.39 is 12.1 Å². The molecule has 2 N–H and O–H groups in total. The molecular formula is C24H29F3N6O2. The SMILES string of the molecule is Cc1cc(-c2cc(C(=O)N3CC[C@H](C(=O)NC4CCC(C(F)(F)F)CC4)CC34CC4)[nH]n2)ncn1. The average molecular weight is 491 g/mol. The number of piperidine rings is 1. The fourth-order valence-corrected chi connectivity index (χ4v) is 5.54. The van der Waals surface area contributed by atoms with Crippen LogP contribution in [-0.4, -0.2) is 61.2 Å². The van der Waals surface area contributed by atoms with Crippen LogP contribution in [0, 0.1) is 18.8 Å². The van der Waals surface area contributed by atoms with Crippen molar-refractivity contribution in [1.29, 1.82) is 0 Å². The number of rotatable bonds is 4. The molecule has 8 nitrogen and oxygen atoms in total. The first-order chi connectivity index (χ1) is 16.6. The van der Waals surface area contributed by atoms with Crippen molar-refractivity contribution in [2.24, 2.45) is 11.8 Å². The number of aromatic nitrogens is 4. The molecule has 5 rings (SSSR count). The molecule has 3 heterocycles. The minimum atomic E-state index is -4.16. The molecule has 1 atom stereocenters. The smallest absolute Gasteiger partial charge is 0.353 e. The standard InChI is InChI=1S/C24H29F3N6O2/c1-14-10-18(29-13-28-14)19-11-20(32-31-19)22(35)33-9-6-15(12-23(33)7-8-23)21(34)30-17-4-2-16(3-5-17)24(25,26)27/h10-11,13,15-17H,2-9,12H2,1H3,(H,30,34)(H,31,32)/t15-,16?,17?/m0/s1. The van der Waals surface area contributed by atoms with E-state index in [1.54, 1.807) is 12.1 Å². The van der Waals surface area contributed by atoms with Crippen LogP contribution in [0.25, 0.3) is 11.4 Å². The number of hydrogen-bond acceptors (Lipinski definition) is 5. The summed E-state index contributed by atoms with van der Waals surface area (Å²) >= 11 is 0. The van der Waals surface area contributed by atoms with Crippen LogP contribution >= 0.6 is 0 Å². The van der Waals surface area contributed by atoms with Gasteiger partial charge in [0.05, 0.1) is 11.6 Å². The molecule has 3 aliphatic rings. The van der Waals surface area contributed by atoms with Gasteiger partial charge in [-0.1, -0.05) is 0 Å². The molecule has 188 valence electrons. The number of nitrogens with one attached hydrogen (secondary N) is 2. The first kappa shape index (κ1) is 23.7. The molecule has 0 bridgehead atoms. The van der Waals surface area contributed by atoms with Gasteiger partial charge in [0.1, 0.15) is 17.7 Å². The Kier molecular flexibility index (Phi) is 6.04. The second kappa shape index (κ2) is 8.91. The van der Waals surface area contributed by atoms with Crippen LogP contribution in [0.15, 0.2) is 18.5 Å². The van der Waals surface area contributed by atoms with Crippen molar-refractivity contribution in [2.75, 3.05) is 6.54 Å². The normalized spacial score (nSPS) is 25.9. The molecule has 2 amide bonds. The van der Waals surface area contributed by atoms with Gasteiger partial charge in [-0.25, -0.2) is 9.97 Å². The zero-order valence-corrected chi connectivity index (χ0v) is 19.6. The van der Waals surface area contributed by atoms with Crippen LogP contribution in [0.3, 0.4) is 0 Å². The third kappa shape index (κ3) is 4.90. The summed E-state index contributed by atoms with van der Waals surface area (Å²) in [6, 6.07) is 3.28. The largest absolute Gasteiger partial charge is 0.391 e. The van der Waals surface area contributed by atoms with Crippen molar-refractivity contribution < 1.29 is 22.8 Å². The van der Waals surface area contributed by atoms with Gasteiger partial charge in [0.25, 0.3) is 5.91 Å². The van der Waals surface area contributed by atoms with E-state index in [-0.39, 0.29) is 42.2 Å². The van der Waals surface area contributed by atoms with E-state index in [9.17, 15) is 22.8 Å². The van der Waals surface area contributed by atoms with Crippen LogP contribution in [0.1, 0.15) is 67.5 Å². The maximum Gasteiger partial charge on any atom is 0.391 e. The fourth-order valence-electron chi connectivity index (χ4n) is 5.54. The highest BCUT2D eigenvalue weighted by atomic mass is 19.4. The van der Waals surface area contributed by atoms with Gasteiger partial charge in [0.2, 0.25) is 5.91 Å². The Bertz CT molecular complexity index is 1100. The Balaban J connectivity index is 1.19. The number of hydrogen-bond donors (Lipinski definition) is 2. The summed E-state index contributed by atoms with van der Waals surface area (Å²) in [6.07, 6.45) is 0.916. The molecular weight excluding hydrogens is 461 g/mol. The van der Waals surface area contributed by atoms with Crippen LogP contribution in [0.2, 0.25) is 0 Å². The Hall–Kier alpha value is -2.98. The highest BCUT2D eigenvalue weighted by Crippen LogP contribution is 2.50. The number of likely N-dealkylation sites (tertiary alicyclic amines) is 1. The molecule has 2 aromatic heterocycles. The third-order valence-electron chi connectivity index (χ3n) is 7.75. The molecule has 0 aromatic carbocycles. The highest BCUT2D eigenvalue weighted by Gasteiger charge is 2.55. The summed E-state index contributed by atoms with van der Waals surface area (Å²) in [5.74, 6) is -1.73. The Morgan fingerprint density at radius 1 is 1.09 bits per heavy atom. The summed E-state index contributed by atoms with van der Waals surface area (Å²) < 4.78 is 38.7. The zero-order chi connectivity index (χ0) is 24.8. The zero-order valence-electron chi connectivity index (χ0n) is 19.6. The molecule has 3 fully saturated rings. The predicted molar refractivity (Wildman–Crippen MR) is 120 cm³/mol. The summed E-state index contributed by atoms with van der Waals surface area (Å²) in [6.45, 7) is 2.31. The van der Waals surface area contributed by atoms with E-state index in [2.05, 4.69) is 25.5 Å². The number of aryl methyl sites for hydroxylation is 1. The monoisotopic (exact) mass is 490 g/mol. The van der Waals surface area contributed by atoms with Crippen LogP contribution < -0.4 is 5.32 Å². The number of carbonyl (C=O) groups is 2. The van der Waals surface area contributed by atoms with Crippen LogP contribution in [0.5, 0.6) is 0 Å². The van der Waals surface area contributed by atoms with Crippen molar-refractivity contribution in [2.45, 2.75) is 76.0 Å². The van der Waals surface area contributed by atoms with Gasteiger partial charge in [-0.05, 0) is 70.4 Å². The van der Waals surface area contributed by atoms with Gasteiger partial charge >= 0.3 is 6.18 Å². The lowest BCUT2D eigenvalue weighted by Gasteiger charge is -2.40. The Morgan fingerprint density at radius 3 is 2.49 bits per heavy atom. The van der Waals surface area contributed by atoms with E-state index in [1.807, 2.05) is 11.8 Å². The van der Waals surface area contributed by atoms with E-state index >= 15 is 0 Å². The van der Waals surface area contributed by atoms with Crippen molar-refractivity contribution in [1.82, 2.24) is 30.4 Å². The number of nitrogens with zero attached hydrogens (tertiary/aromatic N) is 4. The summed E-state index contributed by atoms with van der Waals surface area (Å²) in [5, 5.41) is 10.1. The van der Waals surface area contributed by atoms with E-state index in [1.165, 1.54) is 6.33 Å². The minimum Gasteiger partial charge on any atom is -0.353 e. The molecule has 2 saturated carbocycles. The molecule has 2 aromatic rings.